The van der Waals surface area contributed by atoms with Gasteiger partial charge in [0, 0.05) is 18.2 Å². The molecule has 0 unspecified atom stereocenters. The van der Waals surface area contributed by atoms with Crippen LogP contribution in [-0.2, 0) is 0 Å². The van der Waals surface area contributed by atoms with Crippen LogP contribution in [0.4, 0.5) is 4.39 Å². The van der Waals surface area contributed by atoms with Gasteiger partial charge in [-0.2, -0.15) is 0 Å². The summed E-state index contributed by atoms with van der Waals surface area (Å²) in [6.45, 7) is 1.75. The Balaban J connectivity index is 3.15. The third-order valence-electron chi connectivity index (χ3n) is 1.96. The summed E-state index contributed by atoms with van der Waals surface area (Å²) in [6, 6.07) is 2.05. The zero-order chi connectivity index (χ0) is 10.0. The maximum atomic E-state index is 13.0. The smallest absolute Gasteiger partial charge is 0.126 e. The highest BCUT2D eigenvalue weighted by Crippen LogP contribution is 2.25. The molecule has 4 heteroatoms. The number of phenols is 1. The molecule has 0 fully saturated rings. The number of hydrogen-bond acceptors (Lipinski definition) is 3. The molecule has 0 saturated heterocycles. The summed E-state index contributed by atoms with van der Waals surface area (Å²) in [5, 5.41) is 9.42. The number of benzene rings is 1. The fraction of sp³-hybridized carbons (Fsp3) is 0.333. The Hall–Kier alpha value is -1.13. The van der Waals surface area contributed by atoms with Gasteiger partial charge in [0.1, 0.15) is 11.6 Å². The lowest BCUT2D eigenvalue weighted by atomic mass is 10.0. The Labute approximate surface area is 76.2 Å². The third-order valence-corrected chi connectivity index (χ3v) is 1.96. The lowest BCUT2D eigenvalue weighted by molar-refractivity contribution is 0.458. The van der Waals surface area contributed by atoms with Crippen molar-refractivity contribution in [3.8, 4) is 5.75 Å². The number of nitrogens with two attached hydrogens (primary N) is 2. The summed E-state index contributed by atoms with van der Waals surface area (Å²) in [6.07, 6.45) is 0. The van der Waals surface area contributed by atoms with Gasteiger partial charge >= 0.3 is 0 Å². The zero-order valence-electron chi connectivity index (χ0n) is 7.42. The van der Waals surface area contributed by atoms with Crippen molar-refractivity contribution < 1.29 is 9.50 Å². The first-order valence-corrected chi connectivity index (χ1v) is 4.01. The number of rotatable bonds is 2. The lowest BCUT2D eigenvalue weighted by Crippen LogP contribution is -2.21. The second-order valence-electron chi connectivity index (χ2n) is 3.00. The fourth-order valence-electron chi connectivity index (χ4n) is 1.11. The van der Waals surface area contributed by atoms with E-state index in [2.05, 4.69) is 0 Å². The molecule has 13 heavy (non-hydrogen) atoms. The molecule has 0 radical (unpaired) electrons. The Bertz CT molecular complexity index is 315. The van der Waals surface area contributed by atoms with Crippen LogP contribution in [-0.4, -0.2) is 11.7 Å². The van der Waals surface area contributed by atoms with Crippen LogP contribution in [0.15, 0.2) is 12.1 Å². The molecular formula is C9H13FN2O. The number of hydrogen-bond donors (Lipinski definition) is 3. The predicted molar refractivity (Wildman–Crippen MR) is 48.8 cm³/mol. The molecule has 0 aliphatic heterocycles. The van der Waals surface area contributed by atoms with E-state index in [0.29, 0.717) is 11.1 Å². The minimum atomic E-state index is -0.518. The summed E-state index contributed by atoms with van der Waals surface area (Å²) in [5.74, 6) is -0.381. The van der Waals surface area contributed by atoms with Crippen molar-refractivity contribution in [3.63, 3.8) is 0 Å². The monoisotopic (exact) mass is 184 g/mol. The molecular weight excluding hydrogens is 171 g/mol. The van der Waals surface area contributed by atoms with Crippen molar-refractivity contribution in [2.24, 2.45) is 11.5 Å². The summed E-state index contributed by atoms with van der Waals surface area (Å²) in [5.41, 5.74) is 11.6. The Morgan fingerprint density at radius 3 is 2.69 bits per heavy atom. The molecule has 0 amide bonds. The average Bonchev–Trinajstić information content (AvgIpc) is 2.10. The van der Waals surface area contributed by atoms with Gasteiger partial charge in [-0.1, -0.05) is 0 Å². The largest absolute Gasteiger partial charge is 0.508 e. The van der Waals surface area contributed by atoms with Gasteiger partial charge in [-0.05, 0) is 24.6 Å². The van der Waals surface area contributed by atoms with E-state index in [9.17, 15) is 9.50 Å². The third kappa shape index (κ3) is 1.96. The molecule has 0 saturated carbocycles. The lowest BCUT2D eigenvalue weighted by Gasteiger charge is -2.12. The summed E-state index contributed by atoms with van der Waals surface area (Å²) < 4.78 is 13.0. The second kappa shape index (κ2) is 3.72. The van der Waals surface area contributed by atoms with Crippen LogP contribution < -0.4 is 11.5 Å². The van der Waals surface area contributed by atoms with Crippen molar-refractivity contribution in [3.05, 3.63) is 29.1 Å². The second-order valence-corrected chi connectivity index (χ2v) is 3.00. The van der Waals surface area contributed by atoms with Crippen molar-refractivity contribution in [1.29, 1.82) is 0 Å². The molecule has 1 atom stereocenters. The van der Waals surface area contributed by atoms with Gasteiger partial charge in [0.05, 0.1) is 0 Å². The number of phenolic OH excluding ortho intramolecular Hbond substituents is 1. The quantitative estimate of drug-likeness (QED) is 0.636. The first-order valence-electron chi connectivity index (χ1n) is 4.01. The number of aromatic hydroxyl groups is 1. The Morgan fingerprint density at radius 2 is 2.15 bits per heavy atom. The molecule has 5 N–H and O–H groups in total. The number of aryl methyl sites for hydroxylation is 1. The minimum Gasteiger partial charge on any atom is -0.508 e. The van der Waals surface area contributed by atoms with Crippen LogP contribution >= 0.6 is 0 Å². The summed E-state index contributed by atoms with van der Waals surface area (Å²) in [4.78, 5) is 0. The van der Waals surface area contributed by atoms with E-state index in [-0.39, 0.29) is 18.1 Å². The SMILES string of the molecule is Cc1cc(O)c([C@@H](N)CN)cc1F. The Kier molecular flexibility index (Phi) is 2.85. The highest BCUT2D eigenvalue weighted by molar-refractivity contribution is 5.38. The van der Waals surface area contributed by atoms with Crippen LogP contribution in [0.25, 0.3) is 0 Å². The van der Waals surface area contributed by atoms with Gasteiger partial charge in [0.2, 0.25) is 0 Å². The molecule has 0 aromatic heterocycles. The standard InChI is InChI=1S/C9H13FN2O/c1-5-2-9(13)6(3-7(5)10)8(12)4-11/h2-3,8,13H,4,11-12H2,1H3/t8-/m0/s1. The van der Waals surface area contributed by atoms with Crippen LogP contribution in [0.5, 0.6) is 5.75 Å². The van der Waals surface area contributed by atoms with Gasteiger partial charge in [-0.15, -0.1) is 0 Å². The topological polar surface area (TPSA) is 72.3 Å². The molecule has 0 aliphatic carbocycles. The van der Waals surface area contributed by atoms with Crippen LogP contribution in [0.2, 0.25) is 0 Å². The van der Waals surface area contributed by atoms with Gasteiger partial charge in [-0.25, -0.2) is 4.39 Å². The van der Waals surface area contributed by atoms with E-state index in [0.717, 1.165) is 0 Å². The molecule has 0 spiro atoms. The zero-order valence-corrected chi connectivity index (χ0v) is 7.42. The summed E-state index contributed by atoms with van der Waals surface area (Å²) >= 11 is 0. The van der Waals surface area contributed by atoms with E-state index < -0.39 is 6.04 Å². The van der Waals surface area contributed by atoms with Gasteiger partial charge in [0.15, 0.2) is 0 Å². The minimum absolute atomic E-state index is 0.00292. The van der Waals surface area contributed by atoms with Crippen molar-refractivity contribution >= 4 is 0 Å². The van der Waals surface area contributed by atoms with E-state index in [1.807, 2.05) is 0 Å². The van der Waals surface area contributed by atoms with E-state index in [1.165, 1.54) is 12.1 Å². The van der Waals surface area contributed by atoms with E-state index in [4.69, 9.17) is 11.5 Å². The Morgan fingerprint density at radius 1 is 1.54 bits per heavy atom. The highest BCUT2D eigenvalue weighted by Gasteiger charge is 2.11. The molecule has 1 aromatic carbocycles. The summed E-state index contributed by atoms with van der Waals surface area (Å²) in [7, 11) is 0. The van der Waals surface area contributed by atoms with Crippen LogP contribution in [0, 0.1) is 12.7 Å². The van der Waals surface area contributed by atoms with Gasteiger partial charge in [-0.3, -0.25) is 0 Å². The normalized spacial score (nSPS) is 12.9. The first-order chi connectivity index (χ1) is 6.06. The fourth-order valence-corrected chi connectivity index (χ4v) is 1.11. The van der Waals surface area contributed by atoms with Crippen molar-refractivity contribution in [1.82, 2.24) is 0 Å². The highest BCUT2D eigenvalue weighted by atomic mass is 19.1. The molecule has 1 rings (SSSR count). The molecule has 0 heterocycles. The van der Waals surface area contributed by atoms with E-state index in [1.54, 1.807) is 6.92 Å². The maximum absolute atomic E-state index is 13.0. The molecule has 0 aliphatic rings. The van der Waals surface area contributed by atoms with Crippen molar-refractivity contribution in [2.75, 3.05) is 6.54 Å². The molecule has 3 nitrogen and oxygen atoms in total. The first kappa shape index (κ1) is 9.95. The van der Waals surface area contributed by atoms with Gasteiger partial charge in [0.25, 0.3) is 0 Å². The molecule has 1 aromatic rings. The maximum Gasteiger partial charge on any atom is 0.126 e. The van der Waals surface area contributed by atoms with E-state index >= 15 is 0 Å². The molecule has 72 valence electrons. The average molecular weight is 184 g/mol. The molecule has 0 bridgehead atoms. The van der Waals surface area contributed by atoms with Crippen LogP contribution in [0.3, 0.4) is 0 Å². The predicted octanol–water partition coefficient (Wildman–Crippen LogP) is 0.798. The van der Waals surface area contributed by atoms with Crippen molar-refractivity contribution in [2.45, 2.75) is 13.0 Å². The van der Waals surface area contributed by atoms with Gasteiger partial charge < -0.3 is 16.6 Å². The van der Waals surface area contributed by atoms with Crippen LogP contribution in [0.1, 0.15) is 17.2 Å². The number of halogens is 1.